The number of hydrogen-bond donors (Lipinski definition) is 0. The Bertz CT molecular complexity index is 1320. The van der Waals surface area contributed by atoms with Crippen molar-refractivity contribution in [2.75, 3.05) is 31.1 Å². The molecule has 3 aliphatic carbocycles. The van der Waals surface area contributed by atoms with Crippen molar-refractivity contribution < 1.29 is 9.53 Å². The number of carbonyl (C=O) groups excluding carboxylic acids is 1. The third-order valence-corrected chi connectivity index (χ3v) is 8.78. The van der Waals surface area contributed by atoms with Crippen LogP contribution in [0.15, 0.2) is 35.9 Å². The summed E-state index contributed by atoms with van der Waals surface area (Å²) in [5.41, 5.74) is 7.37. The van der Waals surface area contributed by atoms with Crippen LogP contribution in [-0.2, 0) is 11.8 Å². The molecule has 4 aliphatic rings. The van der Waals surface area contributed by atoms with Crippen LogP contribution in [-0.4, -0.2) is 49.0 Å². The van der Waals surface area contributed by atoms with E-state index in [4.69, 9.17) is 4.74 Å². The SMILES string of the molecule is CC(C)Oc1cc2c(cc1N1CCN(C3CCC3)CC1)C(C)(C)C1=C(C2=O)c2ccc(C#N)cc2C1. The maximum Gasteiger partial charge on any atom is 0.194 e. The van der Waals surface area contributed by atoms with Gasteiger partial charge < -0.3 is 9.64 Å². The molecule has 5 heteroatoms. The fraction of sp³-hybridized carbons (Fsp3) is 0.484. The zero-order valence-corrected chi connectivity index (χ0v) is 21.9. The van der Waals surface area contributed by atoms with E-state index < -0.39 is 0 Å². The van der Waals surface area contributed by atoms with Crippen LogP contribution < -0.4 is 9.64 Å². The first-order chi connectivity index (χ1) is 17.3. The highest BCUT2D eigenvalue weighted by atomic mass is 16.5. The Morgan fingerprint density at radius 1 is 1.06 bits per heavy atom. The van der Waals surface area contributed by atoms with Gasteiger partial charge in [-0.15, -0.1) is 0 Å². The quantitative estimate of drug-likeness (QED) is 0.577. The number of ether oxygens (including phenoxy) is 1. The molecule has 5 nitrogen and oxygen atoms in total. The molecule has 0 unspecified atom stereocenters. The Kier molecular flexibility index (Phi) is 5.50. The fourth-order valence-corrected chi connectivity index (χ4v) is 6.53. The van der Waals surface area contributed by atoms with Crippen LogP contribution in [0.25, 0.3) is 5.57 Å². The summed E-state index contributed by atoms with van der Waals surface area (Å²) < 4.78 is 6.34. The largest absolute Gasteiger partial charge is 0.489 e. The molecule has 186 valence electrons. The molecule has 36 heavy (non-hydrogen) atoms. The number of nitriles is 1. The normalized spacial score (nSPS) is 21.1. The second-order valence-corrected chi connectivity index (χ2v) is 11.6. The van der Waals surface area contributed by atoms with Crippen molar-refractivity contribution in [3.05, 3.63) is 63.7 Å². The number of nitrogens with zero attached hydrogens (tertiary/aromatic N) is 3. The molecule has 0 radical (unpaired) electrons. The summed E-state index contributed by atoms with van der Waals surface area (Å²) in [5.74, 6) is 0.893. The smallest absolute Gasteiger partial charge is 0.194 e. The highest BCUT2D eigenvalue weighted by Gasteiger charge is 2.44. The summed E-state index contributed by atoms with van der Waals surface area (Å²) in [6.45, 7) is 12.7. The molecule has 2 aromatic carbocycles. The lowest BCUT2D eigenvalue weighted by atomic mass is 9.68. The molecule has 6 rings (SSSR count). The molecule has 2 aromatic rings. The van der Waals surface area contributed by atoms with Gasteiger partial charge in [-0.05, 0) is 79.6 Å². The number of piperazine rings is 1. The number of rotatable bonds is 4. The van der Waals surface area contributed by atoms with Crippen LogP contribution in [0, 0.1) is 11.3 Å². The van der Waals surface area contributed by atoms with Gasteiger partial charge in [0, 0.05) is 48.8 Å². The molecule has 0 atom stereocenters. The first kappa shape index (κ1) is 23.3. The van der Waals surface area contributed by atoms with E-state index in [2.05, 4.69) is 35.8 Å². The molecule has 1 heterocycles. The van der Waals surface area contributed by atoms with Crippen molar-refractivity contribution in [3.8, 4) is 11.8 Å². The van der Waals surface area contributed by atoms with E-state index in [0.717, 1.165) is 77.9 Å². The van der Waals surface area contributed by atoms with E-state index >= 15 is 0 Å². The summed E-state index contributed by atoms with van der Waals surface area (Å²) in [6.07, 6.45) is 4.79. The van der Waals surface area contributed by atoms with Gasteiger partial charge in [0.15, 0.2) is 5.78 Å². The average Bonchev–Trinajstić information content (AvgIpc) is 3.22. The minimum atomic E-state index is -0.288. The second kappa shape index (κ2) is 8.49. The van der Waals surface area contributed by atoms with Gasteiger partial charge in [-0.3, -0.25) is 9.69 Å². The molecule has 0 N–H and O–H groups in total. The zero-order valence-electron chi connectivity index (χ0n) is 21.9. The number of anilines is 1. The van der Waals surface area contributed by atoms with E-state index in [1.165, 1.54) is 24.8 Å². The number of fused-ring (bicyclic) bond motifs is 3. The van der Waals surface area contributed by atoms with E-state index in [1.54, 1.807) is 0 Å². The maximum atomic E-state index is 14.0. The van der Waals surface area contributed by atoms with Gasteiger partial charge in [-0.1, -0.05) is 26.3 Å². The van der Waals surface area contributed by atoms with Gasteiger partial charge in [0.2, 0.25) is 0 Å². The van der Waals surface area contributed by atoms with Gasteiger partial charge in [0.05, 0.1) is 23.4 Å². The summed E-state index contributed by atoms with van der Waals surface area (Å²) >= 11 is 0. The zero-order chi connectivity index (χ0) is 25.2. The van der Waals surface area contributed by atoms with Crippen LogP contribution in [0.2, 0.25) is 0 Å². The summed E-state index contributed by atoms with van der Waals surface area (Å²) in [5, 5.41) is 9.39. The predicted octanol–water partition coefficient (Wildman–Crippen LogP) is 5.50. The Morgan fingerprint density at radius 3 is 2.44 bits per heavy atom. The topological polar surface area (TPSA) is 56.6 Å². The molecular formula is C31H35N3O2. The summed E-state index contributed by atoms with van der Waals surface area (Å²) in [6, 6.07) is 13.0. The lowest BCUT2D eigenvalue weighted by molar-refractivity contribution is 0.105. The molecule has 0 amide bonds. The van der Waals surface area contributed by atoms with Crippen molar-refractivity contribution in [2.45, 2.75) is 70.9 Å². The molecular weight excluding hydrogens is 446 g/mol. The third-order valence-electron chi connectivity index (χ3n) is 8.78. The monoisotopic (exact) mass is 481 g/mol. The van der Waals surface area contributed by atoms with Crippen molar-refractivity contribution in [1.29, 1.82) is 5.26 Å². The van der Waals surface area contributed by atoms with Crippen molar-refractivity contribution in [3.63, 3.8) is 0 Å². The standard InChI is InChI=1S/C31H35N3O2/c1-19(2)36-28-16-24-25(17-27(28)34-12-10-33(11-13-34)22-6-5-7-22)31(3,4)26-15-21-14-20(18-32)8-9-23(21)29(26)30(24)35/h8-9,14,16-17,19,22H,5-7,10-13,15H2,1-4H3. The number of carbonyl (C=O) groups is 1. The number of benzene rings is 2. The van der Waals surface area contributed by atoms with Crippen LogP contribution in [0.3, 0.4) is 0 Å². The molecule has 0 aromatic heterocycles. The molecule has 0 spiro atoms. The first-order valence-corrected chi connectivity index (χ1v) is 13.4. The maximum absolute atomic E-state index is 14.0. The van der Waals surface area contributed by atoms with Gasteiger partial charge in [-0.2, -0.15) is 5.26 Å². The second-order valence-electron chi connectivity index (χ2n) is 11.6. The van der Waals surface area contributed by atoms with E-state index in [-0.39, 0.29) is 17.3 Å². The van der Waals surface area contributed by atoms with Crippen LogP contribution in [0.5, 0.6) is 5.75 Å². The molecule has 1 aliphatic heterocycles. The molecule has 1 saturated heterocycles. The van der Waals surface area contributed by atoms with E-state index in [1.807, 2.05) is 38.1 Å². The fourth-order valence-electron chi connectivity index (χ4n) is 6.53. The summed E-state index contributed by atoms with van der Waals surface area (Å²) in [4.78, 5) is 19.1. The minimum absolute atomic E-state index is 0.0242. The van der Waals surface area contributed by atoms with Crippen LogP contribution in [0.4, 0.5) is 5.69 Å². The number of hydrogen-bond acceptors (Lipinski definition) is 5. The van der Waals surface area contributed by atoms with Gasteiger partial charge >= 0.3 is 0 Å². The number of ketones is 1. The molecule has 1 saturated carbocycles. The van der Waals surface area contributed by atoms with Crippen molar-refractivity contribution in [1.82, 2.24) is 4.90 Å². The minimum Gasteiger partial charge on any atom is -0.489 e. The van der Waals surface area contributed by atoms with Crippen LogP contribution >= 0.6 is 0 Å². The lowest BCUT2D eigenvalue weighted by Gasteiger charge is -2.44. The molecule has 2 fully saturated rings. The highest BCUT2D eigenvalue weighted by molar-refractivity contribution is 6.33. The van der Waals surface area contributed by atoms with Crippen molar-refractivity contribution in [2.24, 2.45) is 0 Å². The number of allylic oxidation sites excluding steroid dienone is 2. The highest BCUT2D eigenvalue weighted by Crippen LogP contribution is 2.52. The molecule has 0 bridgehead atoms. The predicted molar refractivity (Wildman–Crippen MR) is 143 cm³/mol. The lowest BCUT2D eigenvalue weighted by Crippen LogP contribution is -2.52. The van der Waals surface area contributed by atoms with E-state index in [0.29, 0.717) is 5.56 Å². The van der Waals surface area contributed by atoms with Crippen LogP contribution in [0.1, 0.15) is 79.6 Å². The van der Waals surface area contributed by atoms with Gasteiger partial charge in [0.1, 0.15) is 5.75 Å². The Hall–Kier alpha value is -3.10. The van der Waals surface area contributed by atoms with Gasteiger partial charge in [0.25, 0.3) is 0 Å². The van der Waals surface area contributed by atoms with Gasteiger partial charge in [-0.25, -0.2) is 0 Å². The summed E-state index contributed by atoms with van der Waals surface area (Å²) in [7, 11) is 0. The van der Waals surface area contributed by atoms with Crippen molar-refractivity contribution >= 4 is 17.0 Å². The Labute approximate surface area is 214 Å². The Morgan fingerprint density at radius 2 is 1.81 bits per heavy atom. The number of Topliss-reactive ketones (excluding diaryl/α,β-unsaturated/α-hetero) is 1. The Balaban J connectivity index is 1.40. The van der Waals surface area contributed by atoms with E-state index in [9.17, 15) is 10.1 Å². The third kappa shape index (κ3) is 3.58. The first-order valence-electron chi connectivity index (χ1n) is 13.4. The average molecular weight is 482 g/mol.